The summed E-state index contributed by atoms with van der Waals surface area (Å²) in [7, 11) is 1.32. The van der Waals surface area contributed by atoms with Crippen molar-refractivity contribution >= 4 is 39.3 Å². The molecule has 3 rings (SSSR count). The molecule has 0 saturated carbocycles. The fourth-order valence-electron chi connectivity index (χ4n) is 2.85. The molecular formula is C19H19N3O4S. The van der Waals surface area contributed by atoms with Crippen LogP contribution < -0.4 is 5.32 Å². The van der Waals surface area contributed by atoms with E-state index in [0.29, 0.717) is 38.7 Å². The molecular weight excluding hydrogens is 366 g/mol. The number of anilines is 1. The number of hydrogen-bond acceptors (Lipinski definition) is 7. The number of aryl methyl sites for hydroxylation is 2. The number of methoxy groups -OCH3 is 1. The van der Waals surface area contributed by atoms with Gasteiger partial charge in [0.15, 0.2) is 0 Å². The number of aliphatic carboxylic acids is 1. The van der Waals surface area contributed by atoms with Crippen molar-refractivity contribution in [1.82, 2.24) is 9.97 Å². The Labute approximate surface area is 160 Å². The Hall–Kier alpha value is -3.00. The van der Waals surface area contributed by atoms with E-state index in [1.165, 1.54) is 18.4 Å². The molecule has 0 unspecified atom stereocenters. The minimum atomic E-state index is -0.982. The second kappa shape index (κ2) is 7.71. The quantitative estimate of drug-likeness (QED) is 0.628. The number of fused-ring (bicyclic) bond motifs is 1. The van der Waals surface area contributed by atoms with Gasteiger partial charge in [-0.3, -0.25) is 0 Å². The second-order valence-electron chi connectivity index (χ2n) is 6.07. The molecule has 0 amide bonds. The Morgan fingerprint density at radius 1 is 1.22 bits per heavy atom. The lowest BCUT2D eigenvalue weighted by Gasteiger charge is -2.16. The lowest BCUT2D eigenvalue weighted by atomic mass is 10.1. The molecule has 0 bridgehead atoms. The van der Waals surface area contributed by atoms with E-state index in [-0.39, 0.29) is 0 Å². The molecule has 0 aliphatic carbocycles. The molecule has 1 atom stereocenters. The maximum atomic E-state index is 12.0. The fraction of sp³-hybridized carbons (Fsp3) is 0.263. The molecule has 27 heavy (non-hydrogen) atoms. The first-order valence-electron chi connectivity index (χ1n) is 8.30. The van der Waals surface area contributed by atoms with Crippen LogP contribution in [0.5, 0.6) is 0 Å². The topological polar surface area (TPSA) is 101 Å². The Morgan fingerprint density at radius 3 is 2.56 bits per heavy atom. The van der Waals surface area contributed by atoms with Crippen LogP contribution in [0.25, 0.3) is 10.2 Å². The van der Waals surface area contributed by atoms with E-state index in [4.69, 9.17) is 4.74 Å². The van der Waals surface area contributed by atoms with Gasteiger partial charge < -0.3 is 15.2 Å². The number of benzene rings is 1. The molecule has 2 N–H and O–H groups in total. The number of aromatic nitrogens is 2. The van der Waals surface area contributed by atoms with Crippen LogP contribution in [0.3, 0.4) is 0 Å². The summed E-state index contributed by atoms with van der Waals surface area (Å²) in [4.78, 5) is 33.6. The third-order valence-electron chi connectivity index (χ3n) is 4.16. The molecule has 1 aromatic carbocycles. The van der Waals surface area contributed by atoms with Crippen molar-refractivity contribution in [2.24, 2.45) is 0 Å². The molecule has 0 aliphatic rings. The normalized spacial score (nSPS) is 12.0. The van der Waals surface area contributed by atoms with Crippen molar-refractivity contribution in [3.63, 3.8) is 0 Å². The van der Waals surface area contributed by atoms with Crippen molar-refractivity contribution in [2.45, 2.75) is 26.3 Å². The Morgan fingerprint density at radius 2 is 1.93 bits per heavy atom. The number of ether oxygens (including phenoxy) is 1. The summed E-state index contributed by atoms with van der Waals surface area (Å²) in [5.41, 5.74) is 1.57. The Bertz CT molecular complexity index is 1000. The van der Waals surface area contributed by atoms with E-state index >= 15 is 0 Å². The molecule has 0 spiro atoms. The van der Waals surface area contributed by atoms with Gasteiger partial charge in [-0.25, -0.2) is 19.6 Å². The zero-order chi connectivity index (χ0) is 19.6. The first kappa shape index (κ1) is 18.8. The van der Waals surface area contributed by atoms with E-state index < -0.39 is 18.0 Å². The van der Waals surface area contributed by atoms with Crippen LogP contribution >= 0.6 is 11.3 Å². The maximum Gasteiger partial charge on any atom is 0.348 e. The first-order valence-corrected chi connectivity index (χ1v) is 9.11. The SMILES string of the molecule is COC(=O)c1sc2nc(C)nc(N[C@H](Cc3ccccc3)C(=O)O)c2c1C. The summed E-state index contributed by atoms with van der Waals surface area (Å²) in [6.45, 7) is 3.51. The number of carbonyl (C=O) groups is 2. The smallest absolute Gasteiger partial charge is 0.348 e. The maximum absolute atomic E-state index is 12.0. The molecule has 0 fully saturated rings. The highest BCUT2D eigenvalue weighted by Gasteiger charge is 2.24. The number of hydrogen-bond donors (Lipinski definition) is 2. The van der Waals surface area contributed by atoms with Crippen molar-refractivity contribution < 1.29 is 19.4 Å². The molecule has 8 heteroatoms. The van der Waals surface area contributed by atoms with Gasteiger partial charge in [-0.2, -0.15) is 0 Å². The fourth-order valence-corrected chi connectivity index (χ4v) is 4.00. The van der Waals surface area contributed by atoms with Gasteiger partial charge in [-0.1, -0.05) is 30.3 Å². The standard InChI is InChI=1S/C19H19N3O4S/c1-10-14-16(20-11(2)21-17(14)27-15(10)19(25)26-3)22-13(18(23)24)9-12-7-5-4-6-8-12/h4-8,13H,9H2,1-3H3,(H,23,24)(H,20,21,22)/t13-/m1/s1. The highest BCUT2D eigenvalue weighted by atomic mass is 32.1. The van der Waals surface area contributed by atoms with Gasteiger partial charge in [-0.15, -0.1) is 11.3 Å². The van der Waals surface area contributed by atoms with Crippen LogP contribution in [-0.2, 0) is 16.0 Å². The lowest BCUT2D eigenvalue weighted by Crippen LogP contribution is -2.32. The summed E-state index contributed by atoms with van der Waals surface area (Å²) >= 11 is 1.21. The van der Waals surface area contributed by atoms with Gasteiger partial charge in [0.05, 0.1) is 12.5 Å². The van der Waals surface area contributed by atoms with Gasteiger partial charge in [0.25, 0.3) is 0 Å². The number of nitrogens with zero attached hydrogens (tertiary/aromatic N) is 2. The van der Waals surface area contributed by atoms with Gasteiger partial charge in [-0.05, 0) is 25.0 Å². The number of rotatable bonds is 6. The van der Waals surface area contributed by atoms with Gasteiger partial charge in [0, 0.05) is 6.42 Å². The zero-order valence-corrected chi connectivity index (χ0v) is 16.0. The molecule has 2 heterocycles. The predicted octanol–water partition coefficient (Wildman–Crippen LogP) is 3.20. The number of carboxylic acid groups (broad SMARTS) is 1. The Balaban J connectivity index is 2.02. The van der Waals surface area contributed by atoms with Crippen LogP contribution in [0.1, 0.15) is 26.6 Å². The predicted molar refractivity (Wildman–Crippen MR) is 103 cm³/mol. The molecule has 0 aliphatic heterocycles. The molecule has 0 saturated heterocycles. The third-order valence-corrected chi connectivity index (χ3v) is 5.33. The van der Waals surface area contributed by atoms with Crippen molar-refractivity contribution in [3.8, 4) is 0 Å². The van der Waals surface area contributed by atoms with Gasteiger partial charge in [0.1, 0.15) is 27.4 Å². The summed E-state index contributed by atoms with van der Waals surface area (Å²) < 4.78 is 4.82. The van der Waals surface area contributed by atoms with Crippen LogP contribution in [0.15, 0.2) is 30.3 Å². The molecule has 3 aromatic rings. The first-order chi connectivity index (χ1) is 12.9. The zero-order valence-electron chi connectivity index (χ0n) is 15.1. The van der Waals surface area contributed by atoms with E-state index in [1.54, 1.807) is 13.8 Å². The summed E-state index contributed by atoms with van der Waals surface area (Å²) in [5, 5.41) is 13.3. The van der Waals surface area contributed by atoms with Crippen molar-refractivity contribution in [3.05, 3.63) is 52.2 Å². The number of thiophene rings is 1. The van der Waals surface area contributed by atoms with Crippen molar-refractivity contribution in [2.75, 3.05) is 12.4 Å². The minimum Gasteiger partial charge on any atom is -0.480 e. The van der Waals surface area contributed by atoms with Crippen LogP contribution in [0, 0.1) is 13.8 Å². The van der Waals surface area contributed by atoms with E-state index in [9.17, 15) is 14.7 Å². The Kier molecular flexibility index (Phi) is 5.36. The second-order valence-corrected chi connectivity index (χ2v) is 7.07. The monoisotopic (exact) mass is 385 g/mol. The number of carbonyl (C=O) groups excluding carboxylic acids is 1. The average Bonchev–Trinajstić information content (AvgIpc) is 2.97. The summed E-state index contributed by atoms with van der Waals surface area (Å²) in [6.07, 6.45) is 0.299. The molecule has 140 valence electrons. The summed E-state index contributed by atoms with van der Waals surface area (Å²) in [6, 6.07) is 8.51. The largest absolute Gasteiger partial charge is 0.480 e. The third kappa shape index (κ3) is 3.90. The highest BCUT2D eigenvalue weighted by molar-refractivity contribution is 7.20. The van der Waals surface area contributed by atoms with Crippen LogP contribution in [0.4, 0.5) is 5.82 Å². The van der Waals surface area contributed by atoms with Crippen LogP contribution in [0.2, 0.25) is 0 Å². The van der Waals surface area contributed by atoms with E-state index in [1.807, 2.05) is 30.3 Å². The van der Waals surface area contributed by atoms with E-state index in [0.717, 1.165) is 5.56 Å². The van der Waals surface area contributed by atoms with Crippen LogP contribution in [-0.4, -0.2) is 40.2 Å². The number of esters is 1. The highest BCUT2D eigenvalue weighted by Crippen LogP contribution is 2.34. The average molecular weight is 385 g/mol. The number of carboxylic acids is 1. The minimum absolute atomic E-state index is 0.299. The van der Waals surface area contributed by atoms with Gasteiger partial charge >= 0.3 is 11.9 Å². The molecule has 0 radical (unpaired) electrons. The molecule has 7 nitrogen and oxygen atoms in total. The van der Waals surface area contributed by atoms with Gasteiger partial charge in [0.2, 0.25) is 0 Å². The van der Waals surface area contributed by atoms with Crippen molar-refractivity contribution in [1.29, 1.82) is 0 Å². The van der Waals surface area contributed by atoms with E-state index in [2.05, 4.69) is 15.3 Å². The number of nitrogens with one attached hydrogen (secondary N) is 1. The molecule has 2 aromatic heterocycles. The lowest BCUT2D eigenvalue weighted by molar-refractivity contribution is -0.137. The summed E-state index contributed by atoms with van der Waals surface area (Å²) in [5.74, 6) is -0.529.